The normalized spacial score (nSPS) is 22.5. The number of aryl methyl sites for hydroxylation is 1. The van der Waals surface area contributed by atoms with Gasteiger partial charge in [-0.1, -0.05) is 50.2 Å². The quantitative estimate of drug-likeness (QED) is 0.107. The average Bonchev–Trinajstić information content (AvgIpc) is 4.10. The highest BCUT2D eigenvalue weighted by Crippen LogP contribution is 2.50. The number of thiophene rings is 1. The number of amides is 2. The first-order valence-electron chi connectivity index (χ1n) is 20.7. The number of rotatable bonds is 13. The summed E-state index contributed by atoms with van der Waals surface area (Å²) in [5, 5.41) is 38.2. The van der Waals surface area contributed by atoms with Crippen molar-refractivity contribution in [2.24, 2.45) is 11.8 Å². The molecule has 4 aromatic heterocycles. The number of hydrogen-bond acceptors (Lipinski definition) is 13. The van der Waals surface area contributed by atoms with Crippen LogP contribution in [-0.4, -0.2) is 96.6 Å². The molecule has 6 heterocycles. The van der Waals surface area contributed by atoms with E-state index in [1.807, 2.05) is 75.7 Å². The van der Waals surface area contributed by atoms with Crippen molar-refractivity contribution in [1.82, 2.24) is 35.5 Å². The Morgan fingerprint density at radius 1 is 1.02 bits per heavy atom. The number of aromatic hydroxyl groups is 1. The van der Waals surface area contributed by atoms with E-state index in [2.05, 4.69) is 36.6 Å². The Bertz CT molecular complexity index is 2500. The van der Waals surface area contributed by atoms with Gasteiger partial charge in [0.2, 0.25) is 11.8 Å². The molecule has 0 radical (unpaired) electrons. The summed E-state index contributed by atoms with van der Waals surface area (Å²) in [5.41, 5.74) is 6.17. The van der Waals surface area contributed by atoms with Crippen molar-refractivity contribution in [3.05, 3.63) is 94.1 Å². The fraction of sp³-hybridized carbons (Fsp3) is 0.422. The number of aliphatic hydroxyl groups excluding tert-OH is 1. The zero-order valence-electron chi connectivity index (χ0n) is 34.0. The van der Waals surface area contributed by atoms with Gasteiger partial charge in [-0.05, 0) is 85.0 Å². The number of likely N-dealkylation sites (tertiary alicyclic amines) is 2. The van der Waals surface area contributed by atoms with Crippen LogP contribution in [0.15, 0.2) is 76.8 Å². The van der Waals surface area contributed by atoms with E-state index >= 15 is 0 Å². The lowest BCUT2D eigenvalue weighted by Gasteiger charge is -2.30. The maximum atomic E-state index is 14.2. The molecule has 0 spiro atoms. The van der Waals surface area contributed by atoms with Crippen molar-refractivity contribution < 1.29 is 29.1 Å². The number of ether oxygens (including phenoxy) is 1. The van der Waals surface area contributed by atoms with Gasteiger partial charge in [-0.15, -0.1) is 32.9 Å². The number of phenols is 1. The summed E-state index contributed by atoms with van der Waals surface area (Å²) in [4.78, 5) is 39.6. The Morgan fingerprint density at radius 3 is 2.57 bits per heavy atom. The molecule has 2 aromatic carbocycles. The second-order valence-corrected chi connectivity index (χ2v) is 18.7. The van der Waals surface area contributed by atoms with Gasteiger partial charge in [-0.3, -0.25) is 14.5 Å². The molecule has 13 nitrogen and oxygen atoms in total. The Kier molecular flexibility index (Phi) is 11.2. The summed E-state index contributed by atoms with van der Waals surface area (Å²) >= 11 is 3.31. The van der Waals surface area contributed by atoms with Gasteiger partial charge in [0.15, 0.2) is 5.76 Å². The molecular weight excluding hydrogens is 799 g/mol. The number of benzene rings is 2. The van der Waals surface area contributed by atoms with Crippen LogP contribution in [0.5, 0.6) is 11.6 Å². The van der Waals surface area contributed by atoms with Gasteiger partial charge in [-0.25, -0.2) is 4.98 Å². The lowest BCUT2D eigenvalue weighted by molar-refractivity contribution is -0.141. The zero-order valence-corrected chi connectivity index (χ0v) is 35.7. The fourth-order valence-electron chi connectivity index (χ4n) is 9.41. The molecule has 3 fully saturated rings. The average molecular weight is 848 g/mol. The van der Waals surface area contributed by atoms with Gasteiger partial charge >= 0.3 is 0 Å². The molecule has 2 bridgehead atoms. The number of carbonyl (C=O) groups excluding carboxylic acids is 2. The zero-order chi connectivity index (χ0) is 41.7. The number of para-hydroxylation sites is 1. The number of hydrogen-bond donors (Lipinski definition) is 3. The van der Waals surface area contributed by atoms with Crippen LogP contribution >= 0.6 is 22.7 Å². The van der Waals surface area contributed by atoms with E-state index in [-0.39, 0.29) is 42.5 Å². The van der Waals surface area contributed by atoms with Gasteiger partial charge < -0.3 is 29.7 Å². The largest absolute Gasteiger partial charge is 0.507 e. The highest BCUT2D eigenvalue weighted by Gasteiger charge is 2.46. The number of β-amino-alcohol motifs (C(OH)–C–C–N with tert-alkyl or cyclic N) is 1. The first-order valence-corrected chi connectivity index (χ1v) is 22.4. The minimum Gasteiger partial charge on any atom is -0.507 e. The molecule has 3 N–H and O–H groups in total. The minimum atomic E-state index is -0.820. The topological polar surface area (TPSA) is 167 Å². The van der Waals surface area contributed by atoms with Gasteiger partial charge in [-0.2, -0.15) is 0 Å². The Labute approximate surface area is 356 Å². The number of aromatic nitrogens is 4. The Morgan fingerprint density at radius 2 is 1.83 bits per heavy atom. The summed E-state index contributed by atoms with van der Waals surface area (Å²) in [6.45, 7) is 10.0. The summed E-state index contributed by atoms with van der Waals surface area (Å²) < 4.78 is 11.8. The molecule has 7 atom stereocenters. The van der Waals surface area contributed by atoms with Crippen LogP contribution in [0.1, 0.15) is 79.8 Å². The van der Waals surface area contributed by atoms with E-state index < -0.39 is 18.1 Å². The number of phenolic OH excluding ortho intramolecular Hbond substituents is 1. The molecule has 60 heavy (non-hydrogen) atoms. The van der Waals surface area contributed by atoms with E-state index in [1.54, 1.807) is 40.9 Å². The lowest BCUT2D eigenvalue weighted by atomic mass is 9.91. The first-order chi connectivity index (χ1) is 29.0. The number of aliphatic hydroxyl groups is 1. The second kappa shape index (κ2) is 16.7. The fourth-order valence-corrected chi connectivity index (χ4v) is 11.4. The van der Waals surface area contributed by atoms with Crippen molar-refractivity contribution in [3.8, 4) is 33.3 Å². The van der Waals surface area contributed by atoms with Gasteiger partial charge in [0.25, 0.3) is 5.88 Å². The van der Waals surface area contributed by atoms with Gasteiger partial charge in [0.1, 0.15) is 29.1 Å². The molecule has 6 aromatic rings. The van der Waals surface area contributed by atoms with E-state index in [0.29, 0.717) is 47.4 Å². The molecular formula is C45H49N7O6S2. The van der Waals surface area contributed by atoms with Crippen molar-refractivity contribution in [3.63, 3.8) is 0 Å². The van der Waals surface area contributed by atoms with E-state index in [0.717, 1.165) is 57.8 Å². The SMILES string of the molecule is Cc1ncsc1-c1ccc([C@H](C)NC(=O)[C@@H]2C[C@@H](O)CN2C(=O)[C@@H](c2cc(OCCN3CC4CC3CC4c3cc4cc(-c5ccccc5O)nnc4s3)no2)C(C)C)cc1. The lowest BCUT2D eigenvalue weighted by Crippen LogP contribution is -2.48. The number of nitrogens with zero attached hydrogens (tertiary/aromatic N) is 6. The van der Waals surface area contributed by atoms with Crippen molar-refractivity contribution in [1.29, 1.82) is 0 Å². The summed E-state index contributed by atoms with van der Waals surface area (Å²) in [6.07, 6.45) is 1.56. The summed E-state index contributed by atoms with van der Waals surface area (Å²) in [7, 11) is 0. The Hall–Kier alpha value is -5.22. The summed E-state index contributed by atoms with van der Waals surface area (Å²) in [6, 6.07) is 20.5. The first kappa shape index (κ1) is 40.2. The molecule has 3 unspecified atom stereocenters. The molecule has 2 saturated heterocycles. The van der Waals surface area contributed by atoms with Crippen molar-refractivity contribution in [2.75, 3.05) is 26.2 Å². The number of nitrogens with one attached hydrogen (secondary N) is 1. The Balaban J connectivity index is 0.784. The molecule has 9 rings (SSSR count). The molecule has 3 aliphatic rings. The van der Waals surface area contributed by atoms with Gasteiger partial charge in [0, 0.05) is 54.0 Å². The number of piperidine rings is 1. The highest BCUT2D eigenvalue weighted by atomic mass is 32.1. The third kappa shape index (κ3) is 7.91. The number of carbonyl (C=O) groups is 2. The molecule has 312 valence electrons. The maximum absolute atomic E-state index is 14.2. The van der Waals surface area contributed by atoms with Crippen LogP contribution in [0.25, 0.3) is 31.9 Å². The van der Waals surface area contributed by atoms with Gasteiger partial charge in [0.05, 0.1) is 33.9 Å². The van der Waals surface area contributed by atoms with Crippen LogP contribution in [0.3, 0.4) is 0 Å². The number of thiazole rings is 1. The second-order valence-electron chi connectivity index (χ2n) is 16.8. The monoisotopic (exact) mass is 847 g/mol. The van der Waals surface area contributed by atoms with Crippen LogP contribution < -0.4 is 10.1 Å². The third-order valence-electron chi connectivity index (χ3n) is 12.5. The van der Waals surface area contributed by atoms with Crippen LogP contribution in [0, 0.1) is 18.8 Å². The maximum Gasteiger partial charge on any atom is 0.254 e. The van der Waals surface area contributed by atoms with E-state index in [9.17, 15) is 19.8 Å². The molecule has 2 amide bonds. The van der Waals surface area contributed by atoms with Crippen LogP contribution in [0.4, 0.5) is 0 Å². The molecule has 15 heteroatoms. The molecule has 1 saturated carbocycles. The standard InChI is InChI=1S/C45H49N7O6S2/c1-24(2)41(45(56)52-22-32(53)19-36(52)43(55)47-25(3)27-9-11-28(12-10-27)42-26(4)46-23-59-42)38-20-40(50-58-38)57-14-13-51-21-30-15-31(51)18-34(30)39-17-29-16-35(48-49-44(29)60-39)33-7-5-6-8-37(33)54/h5-12,16-17,20,23-25,30-32,34,36,41,53-54H,13-15,18-19,21-22H2,1-4H3,(H,47,55)/t25-,30?,31?,32+,34?,36-,41+/m0/s1. The summed E-state index contributed by atoms with van der Waals surface area (Å²) in [5.74, 6) is 0.447. The highest BCUT2D eigenvalue weighted by molar-refractivity contribution is 7.18. The predicted molar refractivity (Wildman–Crippen MR) is 230 cm³/mol. The predicted octanol–water partition coefficient (Wildman–Crippen LogP) is 7.32. The molecule has 1 aliphatic carbocycles. The van der Waals surface area contributed by atoms with Crippen molar-refractivity contribution >= 4 is 44.7 Å². The van der Waals surface area contributed by atoms with E-state index in [1.165, 1.54) is 9.78 Å². The molecule has 2 aliphatic heterocycles. The van der Waals surface area contributed by atoms with Crippen LogP contribution in [-0.2, 0) is 9.59 Å². The number of fused-ring (bicyclic) bond motifs is 3. The van der Waals surface area contributed by atoms with E-state index in [4.69, 9.17) is 9.26 Å². The van der Waals surface area contributed by atoms with Crippen molar-refractivity contribution in [2.45, 2.75) is 83.0 Å². The third-order valence-corrected chi connectivity index (χ3v) is 14.7. The van der Waals surface area contributed by atoms with Crippen LogP contribution in [0.2, 0.25) is 0 Å². The minimum absolute atomic E-state index is 0.0609. The smallest absolute Gasteiger partial charge is 0.254 e.